The Labute approximate surface area is 184 Å². The van der Waals surface area contributed by atoms with E-state index in [0.717, 1.165) is 11.8 Å². The fraction of sp³-hybridized carbons (Fsp3) is 0.300. The van der Waals surface area contributed by atoms with Gasteiger partial charge >= 0.3 is 6.18 Å². The molecule has 0 aromatic heterocycles. The number of nitrogens with one attached hydrogen (secondary N) is 1. The highest BCUT2D eigenvalue weighted by Crippen LogP contribution is 2.51. The molecule has 1 aliphatic rings. The quantitative estimate of drug-likeness (QED) is 0.510. The predicted molar refractivity (Wildman–Crippen MR) is 112 cm³/mol. The molecule has 0 radical (unpaired) electrons. The molecule has 9 heteroatoms. The molecule has 2 atom stereocenters. The number of carbonyl (C=O) groups is 1. The van der Waals surface area contributed by atoms with Gasteiger partial charge in [-0.25, -0.2) is 0 Å². The summed E-state index contributed by atoms with van der Waals surface area (Å²) < 4.78 is 43.1. The molecule has 0 saturated carbocycles. The van der Waals surface area contributed by atoms with Crippen molar-refractivity contribution in [1.29, 1.82) is 0 Å². The Kier molecular flexibility index (Phi) is 6.32. The lowest BCUT2D eigenvalue weighted by Crippen LogP contribution is -2.42. The van der Waals surface area contributed by atoms with Gasteiger partial charge in [-0.15, -0.1) is 0 Å². The molecule has 3 nitrogen and oxygen atoms in total. The van der Waals surface area contributed by atoms with Crippen LogP contribution in [0.3, 0.4) is 0 Å². The minimum absolute atomic E-state index is 0.0323. The van der Waals surface area contributed by atoms with Crippen LogP contribution in [0, 0.1) is 0 Å². The average Bonchev–Trinajstić information content (AvgIpc) is 3.06. The topological polar surface area (TPSA) is 41.5 Å². The number of nitrogens with zero attached hydrogens (tertiary/aromatic N) is 1. The van der Waals surface area contributed by atoms with Gasteiger partial charge in [0.15, 0.2) is 0 Å². The maximum Gasteiger partial charge on any atom is 0.403 e. The van der Waals surface area contributed by atoms with Crippen LogP contribution in [-0.4, -0.2) is 18.3 Å². The summed E-state index contributed by atoms with van der Waals surface area (Å²) in [4.78, 5) is 15.3. The van der Waals surface area contributed by atoms with Crippen LogP contribution in [-0.2, 0) is 16.8 Å². The molecule has 1 heterocycles. The lowest BCUT2D eigenvalue weighted by molar-refractivity contribution is -0.168. The molecule has 0 bridgehead atoms. The van der Waals surface area contributed by atoms with E-state index in [4.69, 9.17) is 23.2 Å². The zero-order valence-corrected chi connectivity index (χ0v) is 18.3. The molecule has 3 rings (SSSR count). The van der Waals surface area contributed by atoms with Gasteiger partial charge < -0.3 is 5.32 Å². The van der Waals surface area contributed by atoms with Crippen LogP contribution in [0.1, 0.15) is 36.1 Å². The second-order valence-corrected chi connectivity index (χ2v) is 8.61. The minimum atomic E-state index is -4.57. The lowest BCUT2D eigenvalue weighted by atomic mass is 9.77. The van der Waals surface area contributed by atoms with E-state index in [-0.39, 0.29) is 27.9 Å². The van der Waals surface area contributed by atoms with Crippen molar-refractivity contribution in [2.24, 2.45) is 4.99 Å². The van der Waals surface area contributed by atoms with Crippen LogP contribution in [0.4, 0.5) is 13.2 Å². The largest absolute Gasteiger partial charge is 0.403 e. The summed E-state index contributed by atoms with van der Waals surface area (Å²) in [6.45, 7) is 1.73. The fourth-order valence-corrected chi connectivity index (χ4v) is 4.38. The van der Waals surface area contributed by atoms with Crippen LogP contribution in [0.15, 0.2) is 45.9 Å². The van der Waals surface area contributed by atoms with Crippen LogP contribution < -0.4 is 5.32 Å². The van der Waals surface area contributed by atoms with Crippen LogP contribution in [0.2, 0.25) is 10.0 Å². The number of benzene rings is 2. The molecule has 2 unspecified atom stereocenters. The number of alkyl halides is 3. The summed E-state index contributed by atoms with van der Waals surface area (Å²) in [5.41, 5.74) is -0.850. The second kappa shape index (κ2) is 8.28. The molecule has 2 aromatic rings. The smallest absolute Gasteiger partial charge is 0.352 e. The molecule has 0 spiro atoms. The molecule has 0 fully saturated rings. The third-order valence-electron chi connectivity index (χ3n) is 4.86. The Bertz CT molecular complexity index is 960. The van der Waals surface area contributed by atoms with E-state index >= 15 is 0 Å². The van der Waals surface area contributed by atoms with Crippen molar-refractivity contribution in [3.05, 3.63) is 67.6 Å². The van der Waals surface area contributed by atoms with Gasteiger partial charge in [0.25, 0.3) is 0 Å². The third-order valence-corrected chi connectivity index (χ3v) is 6.04. The summed E-state index contributed by atoms with van der Waals surface area (Å²) >= 11 is 15.3. The van der Waals surface area contributed by atoms with Crippen molar-refractivity contribution in [2.75, 3.05) is 0 Å². The molecule has 29 heavy (non-hydrogen) atoms. The molecule has 0 saturated heterocycles. The normalized spacial score (nSPS) is 21.4. The highest BCUT2D eigenvalue weighted by molar-refractivity contribution is 9.10. The number of hydrogen-bond donors (Lipinski definition) is 1. The minimum Gasteiger partial charge on any atom is -0.352 e. The number of carbonyl (C=O) groups excluding carboxylic acids is 1. The molecule has 154 valence electrons. The predicted octanol–water partition coefficient (Wildman–Crippen LogP) is 6.41. The first-order valence-corrected chi connectivity index (χ1v) is 10.2. The van der Waals surface area contributed by atoms with Crippen molar-refractivity contribution in [3.63, 3.8) is 0 Å². The monoisotopic (exact) mass is 506 g/mol. The summed E-state index contributed by atoms with van der Waals surface area (Å²) in [5.74, 6) is -0.170. The zero-order chi connectivity index (χ0) is 21.4. The van der Waals surface area contributed by atoms with E-state index in [0.29, 0.717) is 16.6 Å². The van der Waals surface area contributed by atoms with E-state index in [1.165, 1.54) is 25.1 Å². The van der Waals surface area contributed by atoms with Gasteiger partial charge in [-0.1, -0.05) is 51.3 Å². The molecule has 1 amide bonds. The van der Waals surface area contributed by atoms with Crippen molar-refractivity contribution < 1.29 is 18.0 Å². The molecule has 2 aromatic carbocycles. The summed E-state index contributed by atoms with van der Waals surface area (Å²) in [7, 11) is 0. The Balaban J connectivity index is 1.92. The van der Waals surface area contributed by atoms with E-state index < -0.39 is 17.6 Å². The molecular weight excluding hydrogens is 492 g/mol. The number of hydrogen-bond acceptors (Lipinski definition) is 2. The van der Waals surface area contributed by atoms with Crippen molar-refractivity contribution in [3.8, 4) is 0 Å². The third kappa shape index (κ3) is 4.62. The van der Waals surface area contributed by atoms with Crippen molar-refractivity contribution >= 4 is 51.3 Å². The fourth-order valence-electron chi connectivity index (χ4n) is 3.32. The first kappa shape index (κ1) is 22.1. The van der Waals surface area contributed by atoms with Gasteiger partial charge in [-0.2, -0.15) is 13.2 Å². The number of rotatable bonds is 4. The Morgan fingerprint density at radius 2 is 1.90 bits per heavy atom. The number of amides is 1. The summed E-state index contributed by atoms with van der Waals surface area (Å²) in [5, 5.41) is 2.96. The van der Waals surface area contributed by atoms with Crippen LogP contribution >= 0.6 is 39.1 Å². The first-order chi connectivity index (χ1) is 13.5. The second-order valence-electron chi connectivity index (χ2n) is 6.89. The zero-order valence-electron chi connectivity index (χ0n) is 15.2. The van der Waals surface area contributed by atoms with Crippen molar-refractivity contribution in [2.45, 2.75) is 37.5 Å². The number of halogens is 6. The van der Waals surface area contributed by atoms with Gasteiger partial charge in [0.05, 0.1) is 6.04 Å². The maximum absolute atomic E-state index is 14.1. The number of aliphatic imine (C=N–C) groups is 1. The van der Waals surface area contributed by atoms with Gasteiger partial charge in [0.2, 0.25) is 5.91 Å². The van der Waals surface area contributed by atoms with E-state index in [9.17, 15) is 18.0 Å². The van der Waals surface area contributed by atoms with E-state index in [2.05, 4.69) is 26.2 Å². The van der Waals surface area contributed by atoms with E-state index in [1.54, 1.807) is 18.2 Å². The van der Waals surface area contributed by atoms with Crippen LogP contribution in [0.5, 0.6) is 0 Å². The molecule has 1 N–H and O–H groups in total. The van der Waals surface area contributed by atoms with Gasteiger partial charge in [-0.05, 0) is 47.4 Å². The summed E-state index contributed by atoms with van der Waals surface area (Å²) in [6.07, 6.45) is -3.90. The first-order valence-electron chi connectivity index (χ1n) is 8.62. The summed E-state index contributed by atoms with van der Waals surface area (Å²) in [6, 6.07) is 8.49. The molecular formula is C20H16BrCl2F3N2O. The Hall–Kier alpha value is -1.57. The lowest BCUT2D eigenvalue weighted by Gasteiger charge is -2.30. The van der Waals surface area contributed by atoms with Gasteiger partial charge in [0, 0.05) is 34.2 Å². The van der Waals surface area contributed by atoms with Crippen molar-refractivity contribution in [1.82, 2.24) is 5.32 Å². The average molecular weight is 508 g/mol. The SMILES string of the molecule is CC(=O)NCc1ccc(C2CC(c3cc(Cl)cc(Cl)c3)(C(F)(F)F)C=N2)cc1Br. The van der Waals surface area contributed by atoms with Crippen LogP contribution in [0.25, 0.3) is 0 Å². The Morgan fingerprint density at radius 1 is 1.24 bits per heavy atom. The van der Waals surface area contributed by atoms with Gasteiger partial charge in [-0.3, -0.25) is 9.79 Å². The van der Waals surface area contributed by atoms with E-state index in [1.807, 2.05) is 0 Å². The highest BCUT2D eigenvalue weighted by atomic mass is 79.9. The Morgan fingerprint density at radius 3 is 2.45 bits per heavy atom. The highest BCUT2D eigenvalue weighted by Gasteiger charge is 2.58. The van der Waals surface area contributed by atoms with Gasteiger partial charge in [0.1, 0.15) is 5.41 Å². The maximum atomic E-state index is 14.1. The standard InChI is InChI=1S/C20H16BrCl2F3N2O/c1-11(29)27-9-13-3-2-12(4-17(13)21)18-8-19(10-28-18,20(24,25)26)14-5-15(22)7-16(23)6-14/h2-7,10,18H,8-9H2,1H3,(H,27,29). The molecule has 1 aliphatic heterocycles. The molecule has 0 aliphatic carbocycles.